The Morgan fingerprint density at radius 3 is 2.75 bits per heavy atom. The molecule has 0 radical (unpaired) electrons. The molecule has 1 N–H and O–H groups in total. The first-order valence-corrected chi connectivity index (χ1v) is 6.62. The van der Waals surface area contributed by atoms with Crippen LogP contribution < -0.4 is 4.74 Å². The van der Waals surface area contributed by atoms with Crippen molar-refractivity contribution in [1.29, 1.82) is 0 Å². The average Bonchev–Trinajstić information content (AvgIpc) is 2.38. The number of aliphatic carboxylic acids is 1. The molecule has 0 spiro atoms. The number of amides is 1. The second-order valence-electron chi connectivity index (χ2n) is 4.54. The van der Waals surface area contributed by atoms with E-state index in [1.54, 1.807) is 19.2 Å². The molecular formula is C14H18ClNO4. The van der Waals surface area contributed by atoms with Crippen LogP contribution in [0.25, 0.3) is 0 Å². The molecule has 0 bridgehead atoms. The van der Waals surface area contributed by atoms with Gasteiger partial charge in [0.25, 0.3) is 5.91 Å². The molecule has 0 aliphatic heterocycles. The zero-order valence-corrected chi connectivity index (χ0v) is 12.3. The first kappa shape index (κ1) is 16.3. The number of likely N-dealkylation sites (N-methyl/N-ethyl adjacent to an activating group) is 1. The molecule has 0 aromatic heterocycles. The standard InChI is InChI=1S/C14H18ClNO4/c1-10-5-6-11(15)12(8-10)20-9-13(17)16(2)7-3-4-14(18)19/h5-6,8H,3-4,7,9H2,1-2H3,(H,18,19). The number of carboxylic acids is 1. The number of nitrogens with zero attached hydrogens (tertiary/aromatic N) is 1. The Labute approximate surface area is 123 Å². The van der Waals surface area contributed by atoms with E-state index >= 15 is 0 Å². The number of carboxylic acid groups (broad SMARTS) is 1. The lowest BCUT2D eigenvalue weighted by Gasteiger charge is -2.17. The molecule has 1 aromatic carbocycles. The van der Waals surface area contributed by atoms with Gasteiger partial charge < -0.3 is 14.7 Å². The summed E-state index contributed by atoms with van der Waals surface area (Å²) in [7, 11) is 1.62. The number of aryl methyl sites for hydroxylation is 1. The Balaban J connectivity index is 2.42. The van der Waals surface area contributed by atoms with Crippen molar-refractivity contribution in [2.75, 3.05) is 20.2 Å². The van der Waals surface area contributed by atoms with E-state index in [1.807, 2.05) is 13.0 Å². The third-order valence-corrected chi connectivity index (χ3v) is 3.06. The van der Waals surface area contributed by atoms with Gasteiger partial charge in [0.05, 0.1) is 5.02 Å². The van der Waals surface area contributed by atoms with Crippen LogP contribution in [0.15, 0.2) is 18.2 Å². The lowest BCUT2D eigenvalue weighted by Crippen LogP contribution is -2.32. The highest BCUT2D eigenvalue weighted by Crippen LogP contribution is 2.25. The SMILES string of the molecule is Cc1ccc(Cl)c(OCC(=O)N(C)CCCC(=O)O)c1. The summed E-state index contributed by atoms with van der Waals surface area (Å²) in [4.78, 5) is 23.6. The average molecular weight is 300 g/mol. The highest BCUT2D eigenvalue weighted by molar-refractivity contribution is 6.32. The molecule has 1 amide bonds. The van der Waals surface area contributed by atoms with Crippen molar-refractivity contribution in [3.63, 3.8) is 0 Å². The molecule has 0 heterocycles. The summed E-state index contributed by atoms with van der Waals surface area (Å²) >= 11 is 5.96. The van der Waals surface area contributed by atoms with E-state index in [0.29, 0.717) is 23.7 Å². The monoisotopic (exact) mass is 299 g/mol. The van der Waals surface area contributed by atoms with E-state index < -0.39 is 5.97 Å². The summed E-state index contributed by atoms with van der Waals surface area (Å²) < 4.78 is 5.39. The largest absolute Gasteiger partial charge is 0.482 e. The zero-order valence-electron chi connectivity index (χ0n) is 11.6. The zero-order chi connectivity index (χ0) is 15.1. The van der Waals surface area contributed by atoms with E-state index in [2.05, 4.69) is 0 Å². The van der Waals surface area contributed by atoms with Crippen LogP contribution >= 0.6 is 11.6 Å². The highest BCUT2D eigenvalue weighted by Gasteiger charge is 2.11. The molecule has 6 heteroatoms. The van der Waals surface area contributed by atoms with Gasteiger partial charge in [0.1, 0.15) is 5.75 Å². The number of carbonyl (C=O) groups is 2. The number of ether oxygens (including phenoxy) is 1. The fourth-order valence-corrected chi connectivity index (χ4v) is 1.74. The van der Waals surface area contributed by atoms with Crippen LogP contribution in [-0.2, 0) is 9.59 Å². The van der Waals surface area contributed by atoms with E-state index in [1.165, 1.54) is 4.90 Å². The molecule has 0 unspecified atom stereocenters. The van der Waals surface area contributed by atoms with E-state index in [0.717, 1.165) is 5.56 Å². The molecule has 1 rings (SSSR count). The van der Waals surface area contributed by atoms with Crippen molar-refractivity contribution in [2.45, 2.75) is 19.8 Å². The topological polar surface area (TPSA) is 66.8 Å². The predicted molar refractivity (Wildman–Crippen MR) is 76.2 cm³/mol. The van der Waals surface area contributed by atoms with Crippen LogP contribution in [0.4, 0.5) is 0 Å². The number of hydrogen-bond acceptors (Lipinski definition) is 3. The smallest absolute Gasteiger partial charge is 0.303 e. The summed E-state index contributed by atoms with van der Waals surface area (Å²) in [5.41, 5.74) is 0.992. The van der Waals surface area contributed by atoms with Crippen LogP contribution in [0, 0.1) is 6.92 Å². The maximum Gasteiger partial charge on any atom is 0.303 e. The Kier molecular flexibility index (Phi) is 6.31. The summed E-state index contributed by atoms with van der Waals surface area (Å²) in [6.07, 6.45) is 0.463. The molecule has 0 saturated carbocycles. The third kappa shape index (κ3) is 5.48. The van der Waals surface area contributed by atoms with Gasteiger partial charge in [-0.05, 0) is 31.0 Å². The Hall–Kier alpha value is -1.75. The highest BCUT2D eigenvalue weighted by atomic mass is 35.5. The molecule has 0 saturated heterocycles. The molecule has 20 heavy (non-hydrogen) atoms. The van der Waals surface area contributed by atoms with E-state index in [4.69, 9.17) is 21.4 Å². The van der Waals surface area contributed by atoms with Gasteiger partial charge in [0.15, 0.2) is 6.61 Å². The second-order valence-corrected chi connectivity index (χ2v) is 4.94. The van der Waals surface area contributed by atoms with Gasteiger partial charge in [-0.25, -0.2) is 0 Å². The number of benzene rings is 1. The van der Waals surface area contributed by atoms with Crippen molar-refractivity contribution in [3.8, 4) is 5.75 Å². The van der Waals surface area contributed by atoms with Crippen LogP contribution in [0.3, 0.4) is 0 Å². The maximum absolute atomic E-state index is 11.8. The summed E-state index contributed by atoms with van der Waals surface area (Å²) in [5, 5.41) is 8.99. The Morgan fingerprint density at radius 2 is 2.10 bits per heavy atom. The summed E-state index contributed by atoms with van der Waals surface area (Å²) in [6.45, 7) is 2.17. The van der Waals surface area contributed by atoms with Gasteiger partial charge >= 0.3 is 5.97 Å². The normalized spacial score (nSPS) is 10.2. The predicted octanol–water partition coefficient (Wildman–Crippen LogP) is 2.35. The maximum atomic E-state index is 11.8. The minimum absolute atomic E-state index is 0.0438. The van der Waals surface area contributed by atoms with Crippen LogP contribution in [0.2, 0.25) is 5.02 Å². The molecule has 1 aromatic rings. The van der Waals surface area contributed by atoms with Gasteiger partial charge in [-0.15, -0.1) is 0 Å². The van der Waals surface area contributed by atoms with Gasteiger partial charge in [-0.2, -0.15) is 0 Å². The van der Waals surface area contributed by atoms with Crippen molar-refractivity contribution < 1.29 is 19.4 Å². The first-order valence-electron chi connectivity index (χ1n) is 6.25. The van der Waals surface area contributed by atoms with Crippen LogP contribution in [-0.4, -0.2) is 42.1 Å². The summed E-state index contributed by atoms with van der Waals surface area (Å²) in [5.74, 6) is -0.611. The number of carbonyl (C=O) groups excluding carboxylic acids is 1. The number of hydrogen-bond donors (Lipinski definition) is 1. The molecule has 0 aliphatic carbocycles. The van der Waals surface area contributed by atoms with Crippen LogP contribution in [0.1, 0.15) is 18.4 Å². The quantitative estimate of drug-likeness (QED) is 0.839. The molecule has 0 fully saturated rings. The van der Waals surface area contributed by atoms with Crippen molar-refractivity contribution in [1.82, 2.24) is 4.90 Å². The number of rotatable bonds is 7. The molecular weight excluding hydrogens is 282 g/mol. The van der Waals surface area contributed by atoms with E-state index in [9.17, 15) is 9.59 Å². The van der Waals surface area contributed by atoms with Gasteiger partial charge in [-0.3, -0.25) is 9.59 Å². The molecule has 5 nitrogen and oxygen atoms in total. The van der Waals surface area contributed by atoms with E-state index in [-0.39, 0.29) is 18.9 Å². The van der Waals surface area contributed by atoms with Crippen molar-refractivity contribution in [2.24, 2.45) is 0 Å². The Bertz CT molecular complexity index is 490. The minimum Gasteiger partial charge on any atom is -0.482 e. The third-order valence-electron chi connectivity index (χ3n) is 2.75. The van der Waals surface area contributed by atoms with Gasteiger partial charge in [0.2, 0.25) is 0 Å². The Morgan fingerprint density at radius 1 is 1.40 bits per heavy atom. The minimum atomic E-state index is -0.867. The second kappa shape index (κ2) is 7.75. The molecule has 0 aliphatic rings. The lowest BCUT2D eigenvalue weighted by molar-refractivity contribution is -0.138. The fraction of sp³-hybridized carbons (Fsp3) is 0.429. The van der Waals surface area contributed by atoms with Gasteiger partial charge in [0, 0.05) is 20.0 Å². The molecule has 110 valence electrons. The molecule has 0 atom stereocenters. The van der Waals surface area contributed by atoms with Crippen molar-refractivity contribution in [3.05, 3.63) is 28.8 Å². The summed E-state index contributed by atoms with van der Waals surface area (Å²) in [6, 6.07) is 5.34. The number of halogens is 1. The van der Waals surface area contributed by atoms with Gasteiger partial charge in [-0.1, -0.05) is 17.7 Å². The van der Waals surface area contributed by atoms with Crippen LogP contribution in [0.5, 0.6) is 5.75 Å². The lowest BCUT2D eigenvalue weighted by atomic mass is 10.2. The fourth-order valence-electron chi connectivity index (χ4n) is 1.56. The first-order chi connectivity index (χ1) is 9.40. The van der Waals surface area contributed by atoms with Crippen molar-refractivity contribution >= 4 is 23.5 Å².